The van der Waals surface area contributed by atoms with Crippen LogP contribution in [0.1, 0.15) is 11.1 Å². The van der Waals surface area contributed by atoms with Crippen LogP contribution in [0.2, 0.25) is 0 Å². The Morgan fingerprint density at radius 3 is 2.10 bits per heavy atom. The van der Waals surface area contributed by atoms with Crippen LogP contribution in [0.25, 0.3) is 0 Å². The molecule has 1 aromatic carbocycles. The summed E-state index contributed by atoms with van der Waals surface area (Å²) in [6.07, 6.45) is -4.29. The summed E-state index contributed by atoms with van der Waals surface area (Å²) in [6.45, 7) is 4.82. The number of nitrogens with zero attached hydrogens (tertiary/aromatic N) is 3. The van der Waals surface area contributed by atoms with Gasteiger partial charge in [0.1, 0.15) is 0 Å². The zero-order chi connectivity index (χ0) is 14.9. The lowest BCUT2D eigenvalue weighted by molar-refractivity contribution is -0.137. The quantitative estimate of drug-likeness (QED) is 0.828. The standard InChI is InChI=1S/C14H20F3N3/c1-11-8-12(14(15,16)17)10-13(9-11)19-4-6-20(7-5-19)18(2)3/h8-10H,4-7H2,1-3H3. The number of anilines is 1. The van der Waals surface area contributed by atoms with Crippen molar-refractivity contribution in [1.29, 1.82) is 0 Å². The second-order valence-electron chi connectivity index (χ2n) is 5.34. The average Bonchev–Trinajstić information content (AvgIpc) is 2.37. The Morgan fingerprint density at radius 2 is 1.60 bits per heavy atom. The topological polar surface area (TPSA) is 9.72 Å². The van der Waals surface area contributed by atoms with Crippen molar-refractivity contribution in [2.75, 3.05) is 45.2 Å². The minimum atomic E-state index is -4.29. The second kappa shape index (κ2) is 5.61. The van der Waals surface area contributed by atoms with E-state index in [0.717, 1.165) is 26.2 Å². The summed E-state index contributed by atoms with van der Waals surface area (Å²) in [6, 6.07) is 4.26. The monoisotopic (exact) mass is 287 g/mol. The fourth-order valence-corrected chi connectivity index (χ4v) is 2.46. The predicted molar refractivity (Wildman–Crippen MR) is 73.7 cm³/mol. The first-order chi connectivity index (χ1) is 9.27. The van der Waals surface area contributed by atoms with Crippen LogP contribution in [0, 0.1) is 6.92 Å². The van der Waals surface area contributed by atoms with Gasteiger partial charge in [0.15, 0.2) is 0 Å². The molecular formula is C14H20F3N3. The lowest BCUT2D eigenvalue weighted by Crippen LogP contribution is -2.51. The van der Waals surface area contributed by atoms with Crippen molar-refractivity contribution in [2.24, 2.45) is 0 Å². The Labute approximate surface area is 117 Å². The molecule has 0 spiro atoms. The average molecular weight is 287 g/mol. The van der Waals surface area contributed by atoms with Gasteiger partial charge in [-0.25, -0.2) is 10.0 Å². The maximum Gasteiger partial charge on any atom is 0.416 e. The molecule has 0 radical (unpaired) electrons. The van der Waals surface area contributed by atoms with Gasteiger partial charge in [-0.2, -0.15) is 13.2 Å². The van der Waals surface area contributed by atoms with Gasteiger partial charge in [0.2, 0.25) is 0 Å². The van der Waals surface area contributed by atoms with Crippen LogP contribution in [0.5, 0.6) is 0 Å². The number of hydrogen-bond donors (Lipinski definition) is 0. The first-order valence-electron chi connectivity index (χ1n) is 6.63. The highest BCUT2D eigenvalue weighted by molar-refractivity contribution is 5.52. The maximum atomic E-state index is 12.8. The van der Waals surface area contributed by atoms with Crippen molar-refractivity contribution in [3.8, 4) is 0 Å². The summed E-state index contributed by atoms with van der Waals surface area (Å²) >= 11 is 0. The zero-order valence-corrected chi connectivity index (χ0v) is 12.0. The fraction of sp³-hybridized carbons (Fsp3) is 0.571. The first-order valence-corrected chi connectivity index (χ1v) is 6.63. The van der Waals surface area contributed by atoms with E-state index < -0.39 is 11.7 Å². The molecule has 0 saturated carbocycles. The van der Waals surface area contributed by atoms with Gasteiger partial charge in [0.25, 0.3) is 0 Å². The van der Waals surface area contributed by atoms with Crippen LogP contribution in [-0.2, 0) is 6.18 Å². The van der Waals surface area contributed by atoms with E-state index in [2.05, 4.69) is 5.01 Å². The number of hydrogen-bond acceptors (Lipinski definition) is 3. The molecule has 0 bridgehead atoms. The molecule has 1 aliphatic heterocycles. The summed E-state index contributed by atoms with van der Waals surface area (Å²) in [5.74, 6) is 0. The Morgan fingerprint density at radius 1 is 1.00 bits per heavy atom. The molecule has 6 heteroatoms. The fourth-order valence-electron chi connectivity index (χ4n) is 2.46. The van der Waals surface area contributed by atoms with Crippen LogP contribution < -0.4 is 4.90 Å². The third kappa shape index (κ3) is 3.43. The minimum absolute atomic E-state index is 0.567. The van der Waals surface area contributed by atoms with Gasteiger partial charge >= 0.3 is 6.18 Å². The molecule has 0 atom stereocenters. The molecule has 112 valence electrons. The van der Waals surface area contributed by atoms with E-state index >= 15 is 0 Å². The summed E-state index contributed by atoms with van der Waals surface area (Å²) in [4.78, 5) is 2.02. The molecular weight excluding hydrogens is 267 g/mol. The van der Waals surface area contributed by atoms with Crippen LogP contribution in [0.4, 0.5) is 18.9 Å². The third-order valence-electron chi connectivity index (χ3n) is 3.58. The zero-order valence-electron chi connectivity index (χ0n) is 12.0. The Kier molecular flexibility index (Phi) is 4.25. The highest BCUT2D eigenvalue weighted by Gasteiger charge is 2.31. The van der Waals surface area contributed by atoms with Gasteiger partial charge in [-0.3, -0.25) is 0 Å². The van der Waals surface area contributed by atoms with E-state index in [-0.39, 0.29) is 0 Å². The molecule has 0 N–H and O–H groups in total. The molecule has 3 nitrogen and oxygen atoms in total. The minimum Gasteiger partial charge on any atom is -0.369 e. The highest BCUT2D eigenvalue weighted by atomic mass is 19.4. The summed E-state index contributed by atoms with van der Waals surface area (Å²) in [5, 5.41) is 4.20. The predicted octanol–water partition coefficient (Wildman–Crippen LogP) is 2.61. The molecule has 1 heterocycles. The molecule has 0 amide bonds. The smallest absolute Gasteiger partial charge is 0.369 e. The van der Waals surface area contributed by atoms with Gasteiger partial charge in [-0.15, -0.1) is 0 Å². The maximum absolute atomic E-state index is 12.8. The van der Waals surface area contributed by atoms with Gasteiger partial charge in [0.05, 0.1) is 5.56 Å². The Hall–Kier alpha value is -1.27. The molecule has 0 unspecified atom stereocenters. The SMILES string of the molecule is Cc1cc(N2CCN(N(C)C)CC2)cc(C(F)(F)F)c1. The van der Waals surface area contributed by atoms with Crippen LogP contribution in [-0.4, -0.2) is 50.3 Å². The van der Waals surface area contributed by atoms with E-state index in [1.54, 1.807) is 6.92 Å². The summed E-state index contributed by atoms with van der Waals surface area (Å²) in [7, 11) is 3.95. The van der Waals surface area contributed by atoms with E-state index in [4.69, 9.17) is 0 Å². The van der Waals surface area contributed by atoms with E-state index in [0.29, 0.717) is 11.3 Å². The van der Waals surface area contributed by atoms with E-state index in [9.17, 15) is 13.2 Å². The second-order valence-corrected chi connectivity index (χ2v) is 5.34. The van der Waals surface area contributed by atoms with Crippen LogP contribution >= 0.6 is 0 Å². The van der Waals surface area contributed by atoms with Gasteiger partial charge in [-0.05, 0) is 30.7 Å². The molecule has 1 aromatic rings. The number of piperazine rings is 1. The number of hydrazine groups is 1. The molecule has 2 rings (SSSR count). The molecule has 20 heavy (non-hydrogen) atoms. The van der Waals surface area contributed by atoms with E-state index in [1.807, 2.05) is 30.1 Å². The highest BCUT2D eigenvalue weighted by Crippen LogP contribution is 2.33. The van der Waals surface area contributed by atoms with Gasteiger partial charge in [-0.1, -0.05) is 0 Å². The number of rotatable bonds is 2. The number of halogens is 3. The molecule has 1 aliphatic rings. The largest absolute Gasteiger partial charge is 0.416 e. The first kappa shape index (κ1) is 15.1. The van der Waals surface area contributed by atoms with Crippen molar-refractivity contribution in [3.05, 3.63) is 29.3 Å². The number of alkyl halides is 3. The van der Waals surface area contributed by atoms with Gasteiger partial charge in [0, 0.05) is 46.0 Å². The van der Waals surface area contributed by atoms with Crippen molar-refractivity contribution < 1.29 is 13.2 Å². The van der Waals surface area contributed by atoms with Crippen LogP contribution in [0.15, 0.2) is 18.2 Å². The van der Waals surface area contributed by atoms with Crippen molar-refractivity contribution in [3.63, 3.8) is 0 Å². The Bertz CT molecular complexity index is 463. The molecule has 0 aliphatic carbocycles. The van der Waals surface area contributed by atoms with Crippen molar-refractivity contribution in [1.82, 2.24) is 10.0 Å². The van der Waals surface area contributed by atoms with Crippen molar-refractivity contribution in [2.45, 2.75) is 13.1 Å². The lowest BCUT2D eigenvalue weighted by Gasteiger charge is -2.39. The summed E-state index contributed by atoms with van der Waals surface area (Å²) in [5.41, 5.74) is 0.739. The molecule has 0 aromatic heterocycles. The Balaban J connectivity index is 2.16. The number of benzene rings is 1. The number of aryl methyl sites for hydroxylation is 1. The normalized spacial score (nSPS) is 17.9. The van der Waals surface area contributed by atoms with E-state index in [1.165, 1.54) is 12.1 Å². The van der Waals surface area contributed by atoms with Crippen LogP contribution in [0.3, 0.4) is 0 Å². The molecule has 1 saturated heterocycles. The van der Waals surface area contributed by atoms with Crippen molar-refractivity contribution >= 4 is 5.69 Å². The molecule has 1 fully saturated rings. The third-order valence-corrected chi connectivity index (χ3v) is 3.58. The van der Waals surface area contributed by atoms with Gasteiger partial charge < -0.3 is 4.90 Å². The lowest BCUT2D eigenvalue weighted by atomic mass is 10.1. The summed E-state index contributed by atoms with van der Waals surface area (Å²) < 4.78 is 38.5.